The molecule has 1 saturated heterocycles. The Balaban J connectivity index is 1.51. The lowest BCUT2D eigenvalue weighted by Crippen LogP contribution is -2.45. The van der Waals surface area contributed by atoms with Gasteiger partial charge in [-0.3, -0.25) is 19.3 Å². The maximum atomic E-state index is 16.0. The zero-order valence-corrected chi connectivity index (χ0v) is 26.6. The molecular weight excluding hydrogens is 598 g/mol. The molecule has 5 aromatic rings. The lowest BCUT2D eigenvalue weighted by molar-refractivity contribution is -0.143. The van der Waals surface area contributed by atoms with Crippen LogP contribution in [0.1, 0.15) is 27.8 Å². The summed E-state index contributed by atoms with van der Waals surface area (Å²) in [7, 11) is 3.23. The van der Waals surface area contributed by atoms with Crippen LogP contribution in [0.3, 0.4) is 0 Å². The second-order valence-corrected chi connectivity index (χ2v) is 12.6. The Labute approximate surface area is 279 Å². The van der Waals surface area contributed by atoms with Crippen molar-refractivity contribution in [3.8, 4) is 11.5 Å². The average molecular weight is 632 g/mol. The molecule has 3 aliphatic rings. The minimum Gasteiger partial charge on any atom is -0.497 e. The molecule has 2 aliphatic carbocycles. The normalized spacial score (nSPS) is 24.3. The molecule has 48 heavy (non-hydrogen) atoms. The van der Waals surface area contributed by atoms with Crippen molar-refractivity contribution in [2.24, 2.45) is 11.8 Å². The number of ether oxygens (including phenoxy) is 2. The first-order valence-corrected chi connectivity index (χ1v) is 16.1. The van der Waals surface area contributed by atoms with Crippen LogP contribution in [0.4, 0.5) is 0 Å². The van der Waals surface area contributed by atoms with E-state index in [1.807, 2.05) is 140 Å². The quantitative estimate of drug-likeness (QED) is 0.175. The third kappa shape index (κ3) is 3.89. The number of amides is 2. The van der Waals surface area contributed by atoms with Crippen molar-refractivity contribution >= 4 is 28.7 Å². The number of benzene rings is 5. The van der Waals surface area contributed by atoms with Crippen LogP contribution in [0.25, 0.3) is 11.1 Å². The summed E-state index contributed by atoms with van der Waals surface area (Å²) in [6.07, 6.45) is 0. The van der Waals surface area contributed by atoms with Crippen LogP contribution in [0.15, 0.2) is 140 Å². The van der Waals surface area contributed by atoms with Gasteiger partial charge in [-0.25, -0.2) is 0 Å². The molecule has 0 aromatic heterocycles. The maximum absolute atomic E-state index is 16.0. The Bertz CT molecular complexity index is 1940. The van der Waals surface area contributed by atoms with Gasteiger partial charge in [0.25, 0.3) is 0 Å². The molecule has 1 heterocycles. The average Bonchev–Trinajstić information content (AvgIpc) is 3.65. The molecule has 4 unspecified atom stereocenters. The van der Waals surface area contributed by atoms with Crippen molar-refractivity contribution in [2.75, 3.05) is 14.2 Å². The van der Waals surface area contributed by atoms with E-state index in [1.165, 1.54) is 4.90 Å². The molecule has 2 bridgehead atoms. The highest BCUT2D eigenvalue weighted by Gasteiger charge is 2.82. The van der Waals surface area contributed by atoms with Gasteiger partial charge >= 0.3 is 0 Å². The molecule has 6 heteroatoms. The van der Waals surface area contributed by atoms with Crippen molar-refractivity contribution in [2.45, 2.75) is 17.4 Å². The van der Waals surface area contributed by atoms with Crippen LogP contribution in [0, 0.1) is 11.8 Å². The zero-order chi connectivity index (χ0) is 33.0. The van der Waals surface area contributed by atoms with E-state index in [9.17, 15) is 9.59 Å². The molecule has 2 amide bonds. The summed E-state index contributed by atoms with van der Waals surface area (Å²) < 4.78 is 11.0. The number of hydrogen-bond acceptors (Lipinski definition) is 5. The van der Waals surface area contributed by atoms with E-state index in [4.69, 9.17) is 9.47 Å². The monoisotopic (exact) mass is 631 g/mol. The van der Waals surface area contributed by atoms with Crippen LogP contribution in [0.2, 0.25) is 0 Å². The van der Waals surface area contributed by atoms with Crippen LogP contribution < -0.4 is 9.47 Å². The van der Waals surface area contributed by atoms with E-state index in [2.05, 4.69) is 0 Å². The Morgan fingerprint density at radius 1 is 0.521 bits per heavy atom. The summed E-state index contributed by atoms with van der Waals surface area (Å²) in [5.74, 6) is -1.38. The van der Waals surface area contributed by atoms with E-state index >= 15 is 4.79 Å². The predicted molar refractivity (Wildman–Crippen MR) is 183 cm³/mol. The van der Waals surface area contributed by atoms with Gasteiger partial charge in [-0.05, 0) is 63.2 Å². The fourth-order valence-corrected chi connectivity index (χ4v) is 8.62. The number of fused-ring (bicyclic) bond motifs is 5. The molecule has 4 atom stereocenters. The van der Waals surface area contributed by atoms with Gasteiger partial charge in [0.05, 0.1) is 43.4 Å². The number of nitrogens with zero attached hydrogens (tertiary/aromatic N) is 1. The zero-order valence-electron chi connectivity index (χ0n) is 26.6. The van der Waals surface area contributed by atoms with Crippen LogP contribution in [-0.2, 0) is 31.8 Å². The number of imide groups is 1. The van der Waals surface area contributed by atoms with E-state index < -0.39 is 22.7 Å². The lowest BCUT2D eigenvalue weighted by Gasteiger charge is -2.39. The number of methoxy groups -OCH3 is 2. The van der Waals surface area contributed by atoms with Crippen molar-refractivity contribution in [1.29, 1.82) is 0 Å². The molecule has 5 aromatic carbocycles. The first-order chi connectivity index (χ1) is 23.5. The minimum atomic E-state index is -1.45. The maximum Gasteiger partial charge on any atom is 0.235 e. The standard InChI is InChI=1S/C42H33NO5/c1-47-32-22-18-28(19-23-32)34-35(29-20-24-33(48-2)25-21-29)42(31-16-10-5-11-17-31)37-36(41(34,40(42)46)30-14-8-4-9-15-30)38(44)43(39(37)45)26-27-12-6-3-7-13-27/h3-25,36-37H,26H2,1-2H3. The van der Waals surface area contributed by atoms with E-state index in [1.54, 1.807) is 14.2 Å². The second-order valence-electron chi connectivity index (χ2n) is 12.6. The Hall–Kier alpha value is -5.75. The first-order valence-electron chi connectivity index (χ1n) is 16.1. The highest BCUT2D eigenvalue weighted by Crippen LogP contribution is 2.74. The van der Waals surface area contributed by atoms with E-state index in [0.29, 0.717) is 22.6 Å². The molecule has 1 saturated carbocycles. The Morgan fingerprint density at radius 2 is 0.896 bits per heavy atom. The van der Waals surface area contributed by atoms with E-state index in [-0.39, 0.29) is 24.1 Å². The van der Waals surface area contributed by atoms with Gasteiger partial charge in [0.15, 0.2) is 5.78 Å². The van der Waals surface area contributed by atoms with Crippen LogP contribution in [0.5, 0.6) is 11.5 Å². The van der Waals surface area contributed by atoms with Crippen molar-refractivity contribution < 1.29 is 23.9 Å². The number of allylic oxidation sites excluding steroid dienone is 2. The molecule has 236 valence electrons. The molecule has 2 fully saturated rings. The number of rotatable bonds is 8. The third-order valence-electron chi connectivity index (χ3n) is 10.5. The van der Waals surface area contributed by atoms with Gasteiger partial charge in [0.1, 0.15) is 11.5 Å². The van der Waals surface area contributed by atoms with Crippen molar-refractivity contribution in [3.63, 3.8) is 0 Å². The fraction of sp³-hybridized carbons (Fsp3) is 0.167. The molecule has 6 nitrogen and oxygen atoms in total. The second kappa shape index (κ2) is 11.2. The smallest absolute Gasteiger partial charge is 0.235 e. The number of ketones is 1. The van der Waals surface area contributed by atoms with Crippen LogP contribution in [-0.4, -0.2) is 36.7 Å². The molecule has 0 N–H and O–H groups in total. The topological polar surface area (TPSA) is 72.9 Å². The van der Waals surface area contributed by atoms with Gasteiger partial charge in [-0.1, -0.05) is 115 Å². The number of carbonyl (C=O) groups excluding carboxylic acids is 3. The fourth-order valence-electron chi connectivity index (χ4n) is 8.62. The summed E-state index contributed by atoms with van der Waals surface area (Å²) in [6.45, 7) is 0.130. The number of carbonyl (C=O) groups is 3. The Kier molecular flexibility index (Phi) is 6.91. The molecule has 8 rings (SSSR count). The van der Waals surface area contributed by atoms with Crippen LogP contribution >= 0.6 is 0 Å². The Morgan fingerprint density at radius 3 is 1.27 bits per heavy atom. The highest BCUT2D eigenvalue weighted by molar-refractivity contribution is 6.35. The summed E-state index contributed by atoms with van der Waals surface area (Å²) in [6, 6.07) is 43.9. The van der Waals surface area contributed by atoms with Gasteiger partial charge in [-0.2, -0.15) is 0 Å². The summed E-state index contributed by atoms with van der Waals surface area (Å²) in [5.41, 5.74) is 2.37. The van der Waals surface area contributed by atoms with Gasteiger partial charge < -0.3 is 9.47 Å². The van der Waals surface area contributed by atoms with Crippen molar-refractivity contribution in [3.05, 3.63) is 167 Å². The molecular formula is C42H33NO5. The summed E-state index contributed by atoms with van der Waals surface area (Å²) >= 11 is 0. The number of likely N-dealkylation sites (tertiary alicyclic amines) is 1. The summed E-state index contributed by atoms with van der Waals surface area (Å²) in [5, 5.41) is 0. The first kappa shape index (κ1) is 29.6. The number of hydrogen-bond donors (Lipinski definition) is 0. The number of Topliss-reactive ketones (excluding diaryl/α,β-unsaturated/α-hetero) is 1. The van der Waals surface area contributed by atoms with Crippen molar-refractivity contribution in [1.82, 2.24) is 4.90 Å². The molecule has 0 spiro atoms. The van der Waals surface area contributed by atoms with Gasteiger partial charge in [-0.15, -0.1) is 0 Å². The lowest BCUT2D eigenvalue weighted by atomic mass is 9.59. The summed E-state index contributed by atoms with van der Waals surface area (Å²) in [4.78, 5) is 47.3. The van der Waals surface area contributed by atoms with E-state index in [0.717, 1.165) is 27.8 Å². The largest absolute Gasteiger partial charge is 0.497 e. The third-order valence-corrected chi connectivity index (χ3v) is 10.5. The molecule has 1 aliphatic heterocycles. The van der Waals surface area contributed by atoms with Gasteiger partial charge in [0, 0.05) is 0 Å². The molecule has 0 radical (unpaired) electrons. The van der Waals surface area contributed by atoms with Gasteiger partial charge in [0.2, 0.25) is 11.8 Å². The predicted octanol–water partition coefficient (Wildman–Crippen LogP) is 6.89. The SMILES string of the molecule is COc1ccc(C2=C(c3ccc(OC)cc3)C3(c4ccccc4)C(=O)C2(c2ccccc2)C2C(=O)N(Cc4ccccc4)C(=O)C23)cc1. The minimum absolute atomic E-state index is 0.130. The highest BCUT2D eigenvalue weighted by atomic mass is 16.5.